The van der Waals surface area contributed by atoms with Crippen LogP contribution in [0.2, 0.25) is 0 Å². The van der Waals surface area contributed by atoms with Crippen LogP contribution in [0.1, 0.15) is 30.1 Å². The zero-order chi connectivity index (χ0) is 18.8. The molecule has 8 nitrogen and oxygen atoms in total. The van der Waals surface area contributed by atoms with Gasteiger partial charge in [-0.2, -0.15) is 0 Å². The van der Waals surface area contributed by atoms with Crippen LogP contribution < -0.4 is 4.74 Å². The second-order valence-electron chi connectivity index (χ2n) is 5.60. The molecule has 0 bridgehead atoms. The minimum absolute atomic E-state index is 0.177. The highest BCUT2D eigenvalue weighted by molar-refractivity contribution is 5.92. The summed E-state index contributed by atoms with van der Waals surface area (Å²) in [4.78, 5) is 12.1. The summed E-state index contributed by atoms with van der Waals surface area (Å²) in [6.07, 6.45) is -5.03. The Bertz CT molecular complexity index is 521. The Morgan fingerprint density at radius 2 is 1.72 bits per heavy atom. The largest absolute Gasteiger partial charge is 0.493 e. The summed E-state index contributed by atoms with van der Waals surface area (Å²) in [6.45, 7) is 1.08. The number of ether oxygens (including phenoxy) is 2. The van der Waals surface area contributed by atoms with Gasteiger partial charge in [-0.15, -0.1) is 0 Å². The van der Waals surface area contributed by atoms with Crippen LogP contribution in [0.15, 0.2) is 24.3 Å². The first kappa shape index (κ1) is 21.3. The number of carbonyl (C=O) groups is 1. The van der Waals surface area contributed by atoms with Gasteiger partial charge in [0.1, 0.15) is 42.3 Å². The third-order valence-electron chi connectivity index (χ3n) is 3.57. The first-order chi connectivity index (χ1) is 11.9. The van der Waals surface area contributed by atoms with Gasteiger partial charge in [0.15, 0.2) is 0 Å². The molecule has 8 heteroatoms. The average Bonchev–Trinajstić information content (AvgIpc) is 2.64. The van der Waals surface area contributed by atoms with Crippen molar-refractivity contribution in [2.45, 2.75) is 44.2 Å². The highest BCUT2D eigenvalue weighted by atomic mass is 16.5. The zero-order valence-corrected chi connectivity index (χ0v) is 14.1. The molecule has 0 spiro atoms. The summed E-state index contributed by atoms with van der Waals surface area (Å²) >= 11 is 0. The zero-order valence-electron chi connectivity index (χ0n) is 14.1. The van der Waals surface area contributed by atoms with Crippen LogP contribution in [0.4, 0.5) is 0 Å². The van der Waals surface area contributed by atoms with Crippen molar-refractivity contribution >= 4 is 5.97 Å². The number of hydrogen-bond acceptors (Lipinski definition) is 8. The van der Waals surface area contributed by atoms with E-state index in [2.05, 4.69) is 0 Å². The van der Waals surface area contributed by atoms with E-state index in [-0.39, 0.29) is 5.56 Å². The third-order valence-corrected chi connectivity index (χ3v) is 3.57. The minimum atomic E-state index is -1.79. The number of hydrogen-bond donors (Lipinski definition) is 5. The van der Waals surface area contributed by atoms with Gasteiger partial charge in [-0.1, -0.05) is 25.5 Å². The van der Waals surface area contributed by atoms with E-state index < -0.39 is 43.6 Å². The molecule has 1 aromatic carbocycles. The Morgan fingerprint density at radius 3 is 2.36 bits per heavy atom. The van der Waals surface area contributed by atoms with Gasteiger partial charge in [-0.05, 0) is 18.6 Å². The van der Waals surface area contributed by atoms with Crippen molar-refractivity contribution in [3.63, 3.8) is 0 Å². The van der Waals surface area contributed by atoms with Crippen molar-refractivity contribution in [1.29, 1.82) is 0 Å². The molecule has 0 fully saturated rings. The Labute approximate surface area is 146 Å². The summed E-state index contributed by atoms with van der Waals surface area (Å²) in [5, 5.41) is 46.9. The van der Waals surface area contributed by atoms with E-state index in [1.54, 1.807) is 18.2 Å². The molecule has 0 radical (unpaired) electrons. The molecule has 0 saturated carbocycles. The molecule has 0 saturated heterocycles. The quantitative estimate of drug-likeness (QED) is 0.263. The maximum atomic E-state index is 12.1. The molecular formula is C17H26O8. The van der Waals surface area contributed by atoms with Crippen molar-refractivity contribution in [3.05, 3.63) is 29.8 Å². The maximum Gasteiger partial charge on any atom is 0.342 e. The molecule has 0 amide bonds. The maximum absolute atomic E-state index is 12.1. The van der Waals surface area contributed by atoms with Crippen LogP contribution in [0.3, 0.4) is 0 Å². The molecule has 0 heterocycles. The van der Waals surface area contributed by atoms with Gasteiger partial charge in [0, 0.05) is 0 Å². The Morgan fingerprint density at radius 1 is 1.08 bits per heavy atom. The smallest absolute Gasteiger partial charge is 0.342 e. The van der Waals surface area contributed by atoms with Crippen LogP contribution in [-0.4, -0.2) is 75.7 Å². The van der Waals surface area contributed by atoms with Crippen LogP contribution in [0.25, 0.3) is 0 Å². The molecular weight excluding hydrogens is 332 g/mol. The summed E-state index contributed by atoms with van der Waals surface area (Å²) in [7, 11) is 0. The summed E-state index contributed by atoms with van der Waals surface area (Å²) in [6, 6.07) is 6.48. The van der Waals surface area contributed by atoms with Gasteiger partial charge in [0.2, 0.25) is 0 Å². The Hall–Kier alpha value is -1.71. The molecule has 0 unspecified atom stereocenters. The number of aliphatic hydroxyl groups excluding tert-OH is 5. The first-order valence-electron chi connectivity index (χ1n) is 8.14. The lowest BCUT2D eigenvalue weighted by Crippen LogP contribution is -2.47. The molecule has 142 valence electrons. The van der Waals surface area contributed by atoms with Gasteiger partial charge in [-0.25, -0.2) is 4.79 Å². The number of benzene rings is 1. The van der Waals surface area contributed by atoms with Gasteiger partial charge in [-0.3, -0.25) is 0 Å². The second kappa shape index (κ2) is 11.0. The highest BCUT2D eigenvalue weighted by Crippen LogP contribution is 2.19. The lowest BCUT2D eigenvalue weighted by Gasteiger charge is -2.25. The van der Waals surface area contributed by atoms with E-state index in [9.17, 15) is 25.2 Å². The predicted molar refractivity (Wildman–Crippen MR) is 88.2 cm³/mol. The van der Waals surface area contributed by atoms with Gasteiger partial charge in [0.05, 0.1) is 13.2 Å². The fourth-order valence-corrected chi connectivity index (χ4v) is 1.99. The predicted octanol–water partition coefficient (Wildman–Crippen LogP) is -0.542. The molecule has 0 aliphatic carbocycles. The molecule has 0 aliphatic heterocycles. The fourth-order valence-electron chi connectivity index (χ4n) is 1.99. The van der Waals surface area contributed by atoms with Crippen LogP contribution >= 0.6 is 0 Å². The van der Waals surface area contributed by atoms with Crippen LogP contribution in [0.5, 0.6) is 5.75 Å². The van der Waals surface area contributed by atoms with Crippen LogP contribution in [-0.2, 0) is 4.74 Å². The van der Waals surface area contributed by atoms with Gasteiger partial charge in [0.25, 0.3) is 0 Å². The van der Waals surface area contributed by atoms with E-state index in [1.807, 2.05) is 6.92 Å². The Kier molecular flexibility index (Phi) is 9.40. The first-order valence-corrected chi connectivity index (χ1v) is 8.14. The third kappa shape index (κ3) is 6.60. The van der Waals surface area contributed by atoms with E-state index in [0.717, 1.165) is 12.8 Å². The monoisotopic (exact) mass is 358 g/mol. The summed E-state index contributed by atoms with van der Waals surface area (Å²) in [5.41, 5.74) is 0.177. The van der Waals surface area contributed by atoms with Gasteiger partial charge < -0.3 is 35.0 Å². The number of rotatable bonds is 11. The molecule has 0 aliphatic rings. The topological polar surface area (TPSA) is 137 Å². The van der Waals surface area contributed by atoms with Crippen molar-refractivity contribution in [3.8, 4) is 5.75 Å². The molecule has 4 atom stereocenters. The number of aliphatic hydroxyl groups is 5. The SMILES string of the molecule is CCCCOc1ccccc1C(=O)OC[C@H](O)[C@@H](O)[C@H](O)[C@H](O)CO. The van der Waals surface area contributed by atoms with Crippen molar-refractivity contribution in [2.75, 3.05) is 19.8 Å². The summed E-state index contributed by atoms with van der Waals surface area (Å²) < 4.78 is 10.5. The standard InChI is InChI=1S/C17H26O8/c1-2-3-8-24-14-7-5-4-6-11(14)17(23)25-10-13(20)16(22)15(21)12(19)9-18/h4-7,12-13,15-16,18-22H,2-3,8-10H2,1H3/t12-,13+,15-,16-/m1/s1. The lowest BCUT2D eigenvalue weighted by atomic mass is 10.0. The average molecular weight is 358 g/mol. The fraction of sp³-hybridized carbons (Fsp3) is 0.588. The molecule has 5 N–H and O–H groups in total. The van der Waals surface area contributed by atoms with Crippen LogP contribution in [0, 0.1) is 0 Å². The molecule has 1 rings (SSSR count). The minimum Gasteiger partial charge on any atom is -0.493 e. The molecule has 0 aromatic heterocycles. The van der Waals surface area contributed by atoms with Crippen molar-refractivity contribution in [2.24, 2.45) is 0 Å². The molecule has 1 aromatic rings. The lowest BCUT2D eigenvalue weighted by molar-refractivity contribution is -0.124. The number of esters is 1. The second-order valence-corrected chi connectivity index (χ2v) is 5.60. The van der Waals surface area contributed by atoms with Gasteiger partial charge >= 0.3 is 5.97 Å². The van der Waals surface area contributed by atoms with Crippen molar-refractivity contribution in [1.82, 2.24) is 0 Å². The Balaban J connectivity index is 2.61. The number of unbranched alkanes of at least 4 members (excludes halogenated alkanes) is 1. The summed E-state index contributed by atoms with van der Waals surface area (Å²) in [5.74, 6) is -0.401. The highest BCUT2D eigenvalue weighted by Gasteiger charge is 2.31. The number of carbonyl (C=O) groups excluding carboxylic acids is 1. The van der Waals surface area contributed by atoms with E-state index in [1.165, 1.54) is 6.07 Å². The normalized spacial score (nSPS) is 15.9. The van der Waals surface area contributed by atoms with E-state index in [4.69, 9.17) is 14.6 Å². The van der Waals surface area contributed by atoms with E-state index in [0.29, 0.717) is 12.4 Å². The number of para-hydroxylation sites is 1. The van der Waals surface area contributed by atoms with E-state index >= 15 is 0 Å². The van der Waals surface area contributed by atoms with Crippen molar-refractivity contribution < 1.29 is 39.8 Å². The molecule has 25 heavy (non-hydrogen) atoms.